The van der Waals surface area contributed by atoms with E-state index in [1.54, 1.807) is 0 Å². The van der Waals surface area contributed by atoms with Crippen molar-refractivity contribution in [3.8, 4) is 0 Å². The van der Waals surface area contributed by atoms with Crippen LogP contribution in [0.15, 0.2) is 12.7 Å². The Kier molecular flexibility index (Phi) is 5.57. The predicted molar refractivity (Wildman–Crippen MR) is 41.3 cm³/mol. The van der Waals surface area contributed by atoms with E-state index >= 15 is 0 Å². The van der Waals surface area contributed by atoms with Crippen LogP contribution in [0.3, 0.4) is 0 Å². The fraction of sp³-hybridized carbons (Fsp3) is 0.714. The van der Waals surface area contributed by atoms with Crippen LogP contribution in [-0.2, 0) is 0 Å². The van der Waals surface area contributed by atoms with Crippen molar-refractivity contribution >= 4 is 0 Å². The van der Waals surface area contributed by atoms with Gasteiger partial charge in [0.2, 0.25) is 0 Å². The fourth-order valence-electron chi connectivity index (χ4n) is 0.644. The van der Waals surface area contributed by atoms with E-state index in [0.717, 1.165) is 13.0 Å². The van der Waals surface area contributed by atoms with Gasteiger partial charge >= 0.3 is 0 Å². The maximum absolute atomic E-state index is 5.43. The molecule has 0 heterocycles. The van der Waals surface area contributed by atoms with Crippen molar-refractivity contribution in [1.29, 1.82) is 0 Å². The molecule has 54 valence electrons. The average molecular weight is 128 g/mol. The zero-order valence-corrected chi connectivity index (χ0v) is 6.06. The van der Waals surface area contributed by atoms with Crippen molar-refractivity contribution in [3.63, 3.8) is 0 Å². The standard InChI is InChI=1S/C7H16N2/c1-3-5-9-7(4-2)6-8/h3,7,9H,1,4-6,8H2,2H3. The van der Waals surface area contributed by atoms with Crippen LogP contribution in [0.5, 0.6) is 0 Å². The average Bonchev–Trinajstić information content (AvgIpc) is 1.91. The Labute approximate surface area is 57.1 Å². The molecular formula is C7H16N2. The van der Waals surface area contributed by atoms with E-state index in [-0.39, 0.29) is 0 Å². The van der Waals surface area contributed by atoms with Crippen molar-refractivity contribution in [2.24, 2.45) is 5.73 Å². The van der Waals surface area contributed by atoms with E-state index in [4.69, 9.17) is 5.73 Å². The Morgan fingerprint density at radius 1 is 1.78 bits per heavy atom. The second-order valence-electron chi connectivity index (χ2n) is 2.04. The third-order valence-electron chi connectivity index (χ3n) is 1.33. The van der Waals surface area contributed by atoms with Crippen LogP contribution >= 0.6 is 0 Å². The molecule has 0 aromatic carbocycles. The van der Waals surface area contributed by atoms with Gasteiger partial charge in [-0.25, -0.2) is 0 Å². The van der Waals surface area contributed by atoms with Crippen molar-refractivity contribution in [2.75, 3.05) is 13.1 Å². The van der Waals surface area contributed by atoms with E-state index in [1.165, 1.54) is 0 Å². The van der Waals surface area contributed by atoms with E-state index in [2.05, 4.69) is 18.8 Å². The van der Waals surface area contributed by atoms with Crippen LogP contribution in [0.25, 0.3) is 0 Å². The van der Waals surface area contributed by atoms with E-state index in [0.29, 0.717) is 12.6 Å². The third-order valence-corrected chi connectivity index (χ3v) is 1.33. The van der Waals surface area contributed by atoms with Gasteiger partial charge < -0.3 is 11.1 Å². The van der Waals surface area contributed by atoms with E-state index in [9.17, 15) is 0 Å². The van der Waals surface area contributed by atoms with Crippen LogP contribution < -0.4 is 11.1 Å². The highest BCUT2D eigenvalue weighted by Crippen LogP contribution is 1.85. The quantitative estimate of drug-likeness (QED) is 0.529. The highest BCUT2D eigenvalue weighted by atomic mass is 14.9. The molecule has 1 unspecified atom stereocenters. The molecule has 0 saturated heterocycles. The molecule has 0 aromatic heterocycles. The summed E-state index contributed by atoms with van der Waals surface area (Å²) in [4.78, 5) is 0. The second-order valence-corrected chi connectivity index (χ2v) is 2.04. The summed E-state index contributed by atoms with van der Waals surface area (Å²) in [5.41, 5.74) is 5.43. The molecule has 0 fully saturated rings. The maximum atomic E-state index is 5.43. The summed E-state index contributed by atoms with van der Waals surface area (Å²) >= 11 is 0. The molecule has 0 rings (SSSR count). The molecule has 0 bridgehead atoms. The Balaban J connectivity index is 3.19. The Bertz CT molecular complexity index is 67.3. The number of nitrogens with two attached hydrogens (primary N) is 1. The van der Waals surface area contributed by atoms with Gasteiger partial charge in [0.1, 0.15) is 0 Å². The number of rotatable bonds is 5. The van der Waals surface area contributed by atoms with Crippen molar-refractivity contribution in [2.45, 2.75) is 19.4 Å². The van der Waals surface area contributed by atoms with Crippen LogP contribution in [0, 0.1) is 0 Å². The smallest absolute Gasteiger partial charge is 0.0190 e. The van der Waals surface area contributed by atoms with Gasteiger partial charge in [0.05, 0.1) is 0 Å². The van der Waals surface area contributed by atoms with Gasteiger partial charge in [-0.15, -0.1) is 6.58 Å². The van der Waals surface area contributed by atoms with Crippen LogP contribution in [0.1, 0.15) is 13.3 Å². The fourth-order valence-corrected chi connectivity index (χ4v) is 0.644. The first kappa shape index (κ1) is 8.66. The molecule has 0 spiro atoms. The SMILES string of the molecule is C=CCNC(CC)CN. The molecule has 0 aliphatic heterocycles. The maximum Gasteiger partial charge on any atom is 0.0190 e. The van der Waals surface area contributed by atoms with Crippen LogP contribution in [0.2, 0.25) is 0 Å². The highest BCUT2D eigenvalue weighted by molar-refractivity contribution is 4.74. The first-order chi connectivity index (χ1) is 4.35. The number of hydrogen-bond donors (Lipinski definition) is 2. The van der Waals surface area contributed by atoms with Crippen molar-refractivity contribution in [3.05, 3.63) is 12.7 Å². The largest absolute Gasteiger partial charge is 0.329 e. The first-order valence-electron chi connectivity index (χ1n) is 3.39. The number of hydrogen-bond acceptors (Lipinski definition) is 2. The molecule has 1 atom stereocenters. The summed E-state index contributed by atoms with van der Waals surface area (Å²) < 4.78 is 0. The Hall–Kier alpha value is -0.340. The molecular weight excluding hydrogens is 112 g/mol. The monoisotopic (exact) mass is 128 g/mol. The van der Waals surface area contributed by atoms with Crippen LogP contribution in [-0.4, -0.2) is 19.1 Å². The van der Waals surface area contributed by atoms with Crippen molar-refractivity contribution < 1.29 is 0 Å². The lowest BCUT2D eigenvalue weighted by Gasteiger charge is -2.11. The molecule has 2 heteroatoms. The number of nitrogens with one attached hydrogen (secondary N) is 1. The van der Waals surface area contributed by atoms with E-state index < -0.39 is 0 Å². The molecule has 0 amide bonds. The summed E-state index contributed by atoms with van der Waals surface area (Å²) in [5.74, 6) is 0. The minimum Gasteiger partial charge on any atom is -0.329 e. The van der Waals surface area contributed by atoms with Gasteiger partial charge in [-0.05, 0) is 6.42 Å². The van der Waals surface area contributed by atoms with Gasteiger partial charge in [-0.1, -0.05) is 13.0 Å². The molecule has 3 N–H and O–H groups in total. The zero-order valence-electron chi connectivity index (χ0n) is 6.06. The summed E-state index contributed by atoms with van der Waals surface area (Å²) in [6.07, 6.45) is 2.93. The Morgan fingerprint density at radius 2 is 2.44 bits per heavy atom. The first-order valence-corrected chi connectivity index (χ1v) is 3.39. The summed E-state index contributed by atoms with van der Waals surface area (Å²) in [7, 11) is 0. The molecule has 9 heavy (non-hydrogen) atoms. The summed E-state index contributed by atoms with van der Waals surface area (Å²) in [5, 5.41) is 3.23. The van der Waals surface area contributed by atoms with Crippen LogP contribution in [0.4, 0.5) is 0 Å². The second kappa shape index (κ2) is 5.79. The van der Waals surface area contributed by atoms with Gasteiger partial charge in [-0.3, -0.25) is 0 Å². The molecule has 0 aliphatic rings. The van der Waals surface area contributed by atoms with Gasteiger partial charge in [0.25, 0.3) is 0 Å². The lowest BCUT2D eigenvalue weighted by molar-refractivity contribution is 0.534. The highest BCUT2D eigenvalue weighted by Gasteiger charge is 1.97. The molecule has 0 saturated carbocycles. The summed E-state index contributed by atoms with van der Waals surface area (Å²) in [6.45, 7) is 7.29. The minimum atomic E-state index is 0.461. The Morgan fingerprint density at radius 3 is 2.78 bits per heavy atom. The third kappa shape index (κ3) is 4.18. The topological polar surface area (TPSA) is 38.0 Å². The minimum absolute atomic E-state index is 0.461. The molecule has 0 aromatic rings. The lowest BCUT2D eigenvalue weighted by Crippen LogP contribution is -2.35. The van der Waals surface area contributed by atoms with Crippen molar-refractivity contribution in [1.82, 2.24) is 5.32 Å². The van der Waals surface area contributed by atoms with E-state index in [1.807, 2.05) is 6.08 Å². The molecule has 0 radical (unpaired) electrons. The van der Waals surface area contributed by atoms with Gasteiger partial charge in [0.15, 0.2) is 0 Å². The van der Waals surface area contributed by atoms with Gasteiger partial charge in [-0.2, -0.15) is 0 Å². The lowest BCUT2D eigenvalue weighted by atomic mass is 10.2. The molecule has 2 nitrogen and oxygen atoms in total. The zero-order chi connectivity index (χ0) is 7.11. The predicted octanol–water partition coefficient (Wildman–Crippen LogP) is 0.499. The normalized spacial score (nSPS) is 13.1. The molecule has 0 aliphatic carbocycles. The summed E-state index contributed by atoms with van der Waals surface area (Å²) in [6, 6.07) is 0.461. The van der Waals surface area contributed by atoms with Gasteiger partial charge in [0, 0.05) is 19.1 Å².